The Balaban J connectivity index is 2.23. The van der Waals surface area contributed by atoms with Crippen LogP contribution in [0.3, 0.4) is 0 Å². The Hall–Kier alpha value is -2.45. The molecule has 1 nitrogen and oxygen atoms in total. The van der Waals surface area contributed by atoms with Crippen LogP contribution < -0.4 is 5.73 Å². The molecule has 0 saturated carbocycles. The molecular formula is C19H16FN. The van der Waals surface area contributed by atoms with Crippen molar-refractivity contribution in [3.8, 4) is 0 Å². The second-order valence-electron chi connectivity index (χ2n) is 5.05. The summed E-state index contributed by atoms with van der Waals surface area (Å²) in [6, 6.07) is 26.1. The fourth-order valence-corrected chi connectivity index (χ4v) is 2.61. The monoisotopic (exact) mass is 277 g/mol. The Morgan fingerprint density at radius 2 is 0.952 bits per heavy atom. The van der Waals surface area contributed by atoms with E-state index in [0.29, 0.717) is 0 Å². The van der Waals surface area contributed by atoms with Crippen LogP contribution in [-0.2, 0) is 5.54 Å². The highest BCUT2D eigenvalue weighted by Gasteiger charge is 2.31. The lowest BCUT2D eigenvalue weighted by Crippen LogP contribution is -2.39. The topological polar surface area (TPSA) is 26.0 Å². The van der Waals surface area contributed by atoms with Crippen LogP contribution >= 0.6 is 0 Å². The van der Waals surface area contributed by atoms with Gasteiger partial charge in [0.1, 0.15) is 5.82 Å². The zero-order valence-corrected chi connectivity index (χ0v) is 11.5. The summed E-state index contributed by atoms with van der Waals surface area (Å²) in [7, 11) is 0. The molecule has 0 radical (unpaired) electrons. The van der Waals surface area contributed by atoms with Crippen LogP contribution in [-0.4, -0.2) is 0 Å². The molecule has 0 aliphatic rings. The van der Waals surface area contributed by atoms with E-state index < -0.39 is 5.54 Å². The van der Waals surface area contributed by atoms with Crippen molar-refractivity contribution in [1.82, 2.24) is 0 Å². The van der Waals surface area contributed by atoms with Gasteiger partial charge in [0.15, 0.2) is 0 Å². The smallest absolute Gasteiger partial charge is 0.123 e. The zero-order chi connectivity index (χ0) is 14.7. The summed E-state index contributed by atoms with van der Waals surface area (Å²) in [5, 5.41) is 0. The van der Waals surface area contributed by atoms with Crippen molar-refractivity contribution in [2.45, 2.75) is 5.54 Å². The average molecular weight is 277 g/mol. The van der Waals surface area contributed by atoms with E-state index in [1.165, 1.54) is 12.1 Å². The second kappa shape index (κ2) is 5.51. The molecule has 3 rings (SSSR count). The minimum atomic E-state index is -0.795. The number of benzene rings is 3. The van der Waals surface area contributed by atoms with Crippen LogP contribution in [0.4, 0.5) is 4.39 Å². The Morgan fingerprint density at radius 1 is 0.571 bits per heavy atom. The Bertz CT molecular complexity index is 666. The lowest BCUT2D eigenvalue weighted by Gasteiger charge is -2.31. The van der Waals surface area contributed by atoms with Crippen LogP contribution in [0.2, 0.25) is 0 Å². The first kappa shape index (κ1) is 13.5. The van der Waals surface area contributed by atoms with Crippen molar-refractivity contribution in [1.29, 1.82) is 0 Å². The van der Waals surface area contributed by atoms with E-state index >= 15 is 0 Å². The van der Waals surface area contributed by atoms with Gasteiger partial charge in [-0.25, -0.2) is 4.39 Å². The summed E-state index contributed by atoms with van der Waals surface area (Å²) >= 11 is 0. The highest BCUT2D eigenvalue weighted by molar-refractivity contribution is 5.48. The third-order valence-corrected chi connectivity index (χ3v) is 3.76. The molecule has 3 aromatic carbocycles. The average Bonchev–Trinajstić information content (AvgIpc) is 2.56. The fraction of sp³-hybridized carbons (Fsp3) is 0.0526. The summed E-state index contributed by atoms with van der Waals surface area (Å²) < 4.78 is 13.2. The largest absolute Gasteiger partial charge is 0.314 e. The molecule has 0 spiro atoms. The third kappa shape index (κ3) is 2.46. The number of hydrogen-bond donors (Lipinski definition) is 1. The maximum Gasteiger partial charge on any atom is 0.123 e. The maximum atomic E-state index is 13.2. The van der Waals surface area contributed by atoms with E-state index in [-0.39, 0.29) is 5.82 Å². The molecule has 0 aliphatic heterocycles. The molecule has 104 valence electrons. The number of rotatable bonds is 3. The van der Waals surface area contributed by atoms with E-state index in [1.54, 1.807) is 12.1 Å². The minimum Gasteiger partial charge on any atom is -0.314 e. The molecule has 3 aromatic rings. The molecule has 0 unspecified atom stereocenters. The molecule has 2 heteroatoms. The molecule has 0 aromatic heterocycles. The zero-order valence-electron chi connectivity index (χ0n) is 11.5. The molecule has 0 bridgehead atoms. The SMILES string of the molecule is NC(c1ccccc1)(c1ccccc1)c1ccc(F)cc1. The Morgan fingerprint density at radius 3 is 1.38 bits per heavy atom. The van der Waals surface area contributed by atoms with Crippen molar-refractivity contribution in [3.05, 3.63) is 107 Å². The van der Waals surface area contributed by atoms with Gasteiger partial charge in [-0.2, -0.15) is 0 Å². The predicted molar refractivity (Wildman–Crippen MR) is 83.4 cm³/mol. The first-order valence-electron chi connectivity index (χ1n) is 6.87. The molecule has 0 heterocycles. The molecular weight excluding hydrogens is 261 g/mol. The van der Waals surface area contributed by atoms with Crippen LogP contribution in [0.15, 0.2) is 84.9 Å². The number of hydrogen-bond acceptors (Lipinski definition) is 1. The molecule has 0 amide bonds. The van der Waals surface area contributed by atoms with Crippen molar-refractivity contribution >= 4 is 0 Å². The van der Waals surface area contributed by atoms with Gasteiger partial charge in [0, 0.05) is 0 Å². The van der Waals surface area contributed by atoms with Gasteiger partial charge in [0.05, 0.1) is 5.54 Å². The lowest BCUT2D eigenvalue weighted by atomic mass is 9.78. The van der Waals surface area contributed by atoms with Crippen LogP contribution in [0.1, 0.15) is 16.7 Å². The molecule has 0 saturated heterocycles. The molecule has 21 heavy (non-hydrogen) atoms. The fourth-order valence-electron chi connectivity index (χ4n) is 2.61. The summed E-state index contributed by atoms with van der Waals surface area (Å²) in [4.78, 5) is 0. The minimum absolute atomic E-state index is 0.262. The molecule has 0 fully saturated rings. The van der Waals surface area contributed by atoms with Crippen LogP contribution in [0.25, 0.3) is 0 Å². The van der Waals surface area contributed by atoms with Crippen molar-refractivity contribution in [2.75, 3.05) is 0 Å². The van der Waals surface area contributed by atoms with E-state index in [2.05, 4.69) is 0 Å². The highest BCUT2D eigenvalue weighted by atomic mass is 19.1. The van der Waals surface area contributed by atoms with E-state index in [0.717, 1.165) is 16.7 Å². The van der Waals surface area contributed by atoms with Crippen molar-refractivity contribution in [3.63, 3.8) is 0 Å². The number of halogens is 1. The van der Waals surface area contributed by atoms with Crippen LogP contribution in [0, 0.1) is 5.82 Å². The van der Waals surface area contributed by atoms with E-state index in [4.69, 9.17) is 5.73 Å². The predicted octanol–water partition coefficient (Wildman–Crippen LogP) is 4.08. The van der Waals surface area contributed by atoms with Gasteiger partial charge in [0.2, 0.25) is 0 Å². The quantitative estimate of drug-likeness (QED) is 0.717. The van der Waals surface area contributed by atoms with Gasteiger partial charge in [-0.1, -0.05) is 72.8 Å². The molecule has 2 N–H and O–H groups in total. The summed E-state index contributed by atoms with van der Waals surface area (Å²) in [5.74, 6) is -0.262. The highest BCUT2D eigenvalue weighted by Crippen LogP contribution is 2.33. The van der Waals surface area contributed by atoms with Gasteiger partial charge in [-0.15, -0.1) is 0 Å². The van der Waals surface area contributed by atoms with Crippen molar-refractivity contribution in [2.24, 2.45) is 5.73 Å². The summed E-state index contributed by atoms with van der Waals surface area (Å²) in [6.07, 6.45) is 0. The van der Waals surface area contributed by atoms with Gasteiger partial charge >= 0.3 is 0 Å². The van der Waals surface area contributed by atoms with E-state index in [1.807, 2.05) is 60.7 Å². The lowest BCUT2D eigenvalue weighted by molar-refractivity contribution is 0.617. The maximum absolute atomic E-state index is 13.2. The summed E-state index contributed by atoms with van der Waals surface area (Å²) in [5.41, 5.74) is 8.81. The first-order valence-corrected chi connectivity index (χ1v) is 6.87. The first-order chi connectivity index (χ1) is 10.2. The molecule has 0 aliphatic carbocycles. The Kier molecular flexibility index (Phi) is 3.55. The van der Waals surface area contributed by atoms with Gasteiger partial charge < -0.3 is 5.73 Å². The standard InChI is InChI=1S/C19H16FN/c20-18-13-11-17(12-14-18)19(21,15-7-3-1-4-8-15)16-9-5-2-6-10-16/h1-14H,21H2. The van der Waals surface area contributed by atoms with Crippen molar-refractivity contribution < 1.29 is 4.39 Å². The normalized spacial score (nSPS) is 11.3. The second-order valence-corrected chi connectivity index (χ2v) is 5.05. The number of nitrogens with two attached hydrogens (primary N) is 1. The van der Waals surface area contributed by atoms with E-state index in [9.17, 15) is 4.39 Å². The van der Waals surface area contributed by atoms with Gasteiger partial charge in [0.25, 0.3) is 0 Å². The summed E-state index contributed by atoms with van der Waals surface area (Å²) in [6.45, 7) is 0. The molecule has 0 atom stereocenters. The third-order valence-electron chi connectivity index (χ3n) is 3.76. The van der Waals surface area contributed by atoms with Crippen LogP contribution in [0.5, 0.6) is 0 Å². The Labute approximate surface area is 123 Å². The van der Waals surface area contributed by atoms with Gasteiger partial charge in [-0.3, -0.25) is 0 Å². The van der Waals surface area contributed by atoms with Gasteiger partial charge in [-0.05, 0) is 28.8 Å².